The number of hydrogen-bond acceptors (Lipinski definition) is 5. The van der Waals surface area contributed by atoms with Gasteiger partial charge in [-0.1, -0.05) is 38.5 Å². The van der Waals surface area contributed by atoms with E-state index in [1.165, 1.54) is 0 Å². The Labute approximate surface area is 211 Å². The van der Waals surface area contributed by atoms with Crippen molar-refractivity contribution >= 4 is 23.5 Å². The zero-order valence-corrected chi connectivity index (χ0v) is 21.3. The predicted molar refractivity (Wildman–Crippen MR) is 134 cm³/mol. The number of piperidine rings is 1. The average Bonchev–Trinajstić information content (AvgIpc) is 3.11. The topological polar surface area (TPSA) is 84.0 Å². The fraction of sp³-hybridized carbons (Fsp3) is 0.448. The lowest BCUT2D eigenvalue weighted by Gasteiger charge is -2.45. The first-order valence-corrected chi connectivity index (χ1v) is 12.7. The molecule has 2 atom stereocenters. The van der Waals surface area contributed by atoms with E-state index in [0.29, 0.717) is 54.8 Å². The van der Waals surface area contributed by atoms with Gasteiger partial charge in [0.15, 0.2) is 5.78 Å². The van der Waals surface area contributed by atoms with Crippen molar-refractivity contribution in [2.24, 2.45) is 5.92 Å². The number of hydrogen-bond donors (Lipinski definition) is 0. The molecule has 3 aliphatic rings. The molecule has 188 valence electrons. The Balaban J connectivity index is 1.36. The van der Waals surface area contributed by atoms with Crippen LogP contribution in [0.4, 0.5) is 0 Å². The van der Waals surface area contributed by atoms with Crippen molar-refractivity contribution in [1.82, 2.24) is 9.80 Å². The van der Waals surface area contributed by atoms with Crippen molar-refractivity contribution in [1.29, 1.82) is 0 Å². The number of ketones is 1. The van der Waals surface area contributed by atoms with E-state index in [0.717, 1.165) is 16.0 Å². The summed E-state index contributed by atoms with van der Waals surface area (Å²) in [6, 6.07) is 9.76. The van der Waals surface area contributed by atoms with Crippen LogP contribution >= 0.6 is 0 Å². The Morgan fingerprint density at radius 1 is 1.00 bits per heavy atom. The highest BCUT2D eigenvalue weighted by Crippen LogP contribution is 2.42. The van der Waals surface area contributed by atoms with E-state index in [2.05, 4.69) is 0 Å². The zero-order valence-electron chi connectivity index (χ0n) is 21.3. The van der Waals surface area contributed by atoms with Crippen LogP contribution in [0.15, 0.2) is 36.4 Å². The van der Waals surface area contributed by atoms with E-state index in [9.17, 15) is 19.2 Å². The van der Waals surface area contributed by atoms with Gasteiger partial charge in [-0.3, -0.25) is 24.1 Å². The number of carbonyl (C=O) groups is 4. The van der Waals surface area contributed by atoms with Gasteiger partial charge in [-0.25, -0.2) is 0 Å². The molecule has 3 heterocycles. The number of fused-ring (bicyclic) bond motifs is 2. The van der Waals surface area contributed by atoms with Crippen LogP contribution in [0, 0.1) is 19.8 Å². The maximum atomic E-state index is 13.8. The summed E-state index contributed by atoms with van der Waals surface area (Å²) in [6.45, 7) is 8.59. The fourth-order valence-corrected chi connectivity index (χ4v) is 5.83. The number of nitrogens with zero attached hydrogens (tertiary/aromatic N) is 2. The second kappa shape index (κ2) is 8.87. The second-order valence-corrected chi connectivity index (χ2v) is 10.5. The van der Waals surface area contributed by atoms with E-state index in [1.807, 2.05) is 39.8 Å². The molecule has 0 saturated carbocycles. The molecule has 1 spiro atoms. The molecule has 0 bridgehead atoms. The Bertz CT molecular complexity index is 1240. The Hall–Kier alpha value is -3.48. The Kier molecular flexibility index (Phi) is 5.97. The maximum Gasteiger partial charge on any atom is 0.262 e. The minimum absolute atomic E-state index is 0.0753. The molecule has 7 heteroatoms. The lowest BCUT2D eigenvalue weighted by atomic mass is 9.81. The molecule has 36 heavy (non-hydrogen) atoms. The molecule has 0 N–H and O–H groups in total. The lowest BCUT2D eigenvalue weighted by Crippen LogP contribution is -2.58. The smallest absolute Gasteiger partial charge is 0.262 e. The molecular weight excluding hydrogens is 456 g/mol. The Morgan fingerprint density at radius 2 is 1.61 bits per heavy atom. The standard InChI is InChI=1S/C29H32N2O5/c1-5-18(3)24(31-26(33)20-8-6-7-9-21(20)27(31)34)28(35)30-12-10-29(11-13-30)16-23(32)22-15-17(2)14-19(4)25(22)36-29/h6-9,14-15,18,24H,5,10-13,16H2,1-4H3. The summed E-state index contributed by atoms with van der Waals surface area (Å²) in [5, 5.41) is 0. The monoisotopic (exact) mass is 488 g/mol. The van der Waals surface area contributed by atoms with Crippen LogP contribution in [0.5, 0.6) is 5.75 Å². The third-order valence-electron chi connectivity index (χ3n) is 8.05. The van der Waals surface area contributed by atoms with E-state index in [-0.39, 0.29) is 24.0 Å². The second-order valence-electron chi connectivity index (χ2n) is 10.5. The summed E-state index contributed by atoms with van der Waals surface area (Å²) >= 11 is 0. The number of carbonyl (C=O) groups excluding carboxylic acids is 4. The number of benzene rings is 2. The number of ether oxygens (including phenoxy) is 1. The number of aryl methyl sites for hydroxylation is 2. The molecule has 3 amide bonds. The van der Waals surface area contributed by atoms with E-state index < -0.39 is 23.5 Å². The number of imide groups is 1. The average molecular weight is 489 g/mol. The molecular formula is C29H32N2O5. The van der Waals surface area contributed by atoms with Crippen molar-refractivity contribution in [3.8, 4) is 5.75 Å². The van der Waals surface area contributed by atoms with Crippen molar-refractivity contribution in [3.05, 3.63) is 64.2 Å². The van der Waals surface area contributed by atoms with Gasteiger partial charge in [0.2, 0.25) is 5.91 Å². The van der Waals surface area contributed by atoms with Crippen molar-refractivity contribution < 1.29 is 23.9 Å². The summed E-state index contributed by atoms with van der Waals surface area (Å²) in [5.74, 6) is -0.506. The van der Waals surface area contributed by atoms with Crippen LogP contribution < -0.4 is 4.74 Å². The van der Waals surface area contributed by atoms with Crippen LogP contribution in [0.3, 0.4) is 0 Å². The molecule has 2 unspecified atom stereocenters. The molecule has 2 aromatic rings. The molecule has 0 aliphatic carbocycles. The van der Waals surface area contributed by atoms with Crippen LogP contribution in [-0.4, -0.2) is 58.0 Å². The van der Waals surface area contributed by atoms with Crippen LogP contribution in [0.25, 0.3) is 0 Å². The SMILES string of the molecule is CCC(C)C(C(=O)N1CCC2(CC1)CC(=O)c1cc(C)cc(C)c1O2)N1C(=O)c2ccccc2C1=O. The summed E-state index contributed by atoms with van der Waals surface area (Å²) < 4.78 is 6.47. The predicted octanol–water partition coefficient (Wildman–Crippen LogP) is 4.34. The molecule has 2 aromatic carbocycles. The van der Waals surface area contributed by atoms with Crippen LogP contribution in [0.1, 0.15) is 81.7 Å². The number of Topliss-reactive ketones (excluding diaryl/α,β-unsaturated/α-hetero) is 1. The summed E-state index contributed by atoms with van der Waals surface area (Å²) in [4.78, 5) is 56.1. The highest BCUT2D eigenvalue weighted by Gasteiger charge is 2.48. The molecule has 3 aliphatic heterocycles. The van der Waals surface area contributed by atoms with Crippen molar-refractivity contribution in [2.75, 3.05) is 13.1 Å². The minimum Gasteiger partial charge on any atom is -0.486 e. The molecule has 7 nitrogen and oxygen atoms in total. The first-order valence-electron chi connectivity index (χ1n) is 12.7. The number of rotatable bonds is 4. The van der Waals surface area contributed by atoms with Gasteiger partial charge in [0.1, 0.15) is 17.4 Å². The molecule has 5 rings (SSSR count). The molecule has 0 aromatic heterocycles. The van der Waals surface area contributed by atoms with E-state index in [4.69, 9.17) is 4.74 Å². The molecule has 1 fully saturated rings. The Morgan fingerprint density at radius 3 is 2.19 bits per heavy atom. The third-order valence-corrected chi connectivity index (χ3v) is 8.05. The largest absolute Gasteiger partial charge is 0.486 e. The quantitative estimate of drug-likeness (QED) is 0.598. The highest BCUT2D eigenvalue weighted by molar-refractivity contribution is 6.22. The first-order chi connectivity index (χ1) is 17.2. The highest BCUT2D eigenvalue weighted by atomic mass is 16.5. The van der Waals surface area contributed by atoms with E-state index >= 15 is 0 Å². The summed E-state index contributed by atoms with van der Waals surface area (Å²) in [6.07, 6.45) is 1.98. The number of amides is 3. The zero-order chi connectivity index (χ0) is 25.8. The number of likely N-dealkylation sites (tertiary alicyclic amines) is 1. The van der Waals surface area contributed by atoms with Gasteiger partial charge in [0, 0.05) is 25.9 Å². The molecule has 1 saturated heterocycles. The normalized spacial score (nSPS) is 20.2. The van der Waals surface area contributed by atoms with Gasteiger partial charge in [0.05, 0.1) is 23.1 Å². The van der Waals surface area contributed by atoms with Gasteiger partial charge < -0.3 is 9.64 Å². The van der Waals surface area contributed by atoms with Gasteiger partial charge in [-0.15, -0.1) is 0 Å². The van der Waals surface area contributed by atoms with Crippen LogP contribution in [-0.2, 0) is 4.79 Å². The van der Waals surface area contributed by atoms with Crippen molar-refractivity contribution in [3.63, 3.8) is 0 Å². The van der Waals surface area contributed by atoms with Crippen molar-refractivity contribution in [2.45, 2.75) is 65.0 Å². The van der Waals surface area contributed by atoms with Gasteiger partial charge >= 0.3 is 0 Å². The van der Waals surface area contributed by atoms with E-state index in [1.54, 1.807) is 29.2 Å². The fourth-order valence-electron chi connectivity index (χ4n) is 5.83. The van der Waals surface area contributed by atoms with Gasteiger partial charge in [0.25, 0.3) is 11.8 Å². The third kappa shape index (κ3) is 3.81. The maximum absolute atomic E-state index is 13.8. The molecule has 0 radical (unpaired) electrons. The van der Waals surface area contributed by atoms with Gasteiger partial charge in [-0.2, -0.15) is 0 Å². The minimum atomic E-state index is -0.865. The van der Waals surface area contributed by atoms with Crippen LogP contribution in [0.2, 0.25) is 0 Å². The lowest BCUT2D eigenvalue weighted by molar-refractivity contribution is -0.140. The summed E-state index contributed by atoms with van der Waals surface area (Å²) in [5.41, 5.74) is 2.67. The first kappa shape index (κ1) is 24.2. The van der Waals surface area contributed by atoms with Gasteiger partial charge in [-0.05, 0) is 49.1 Å². The summed E-state index contributed by atoms with van der Waals surface area (Å²) in [7, 11) is 0.